The Hall–Kier alpha value is -1.23. The molecule has 0 N–H and O–H groups in total. The third kappa shape index (κ3) is 1.82. The number of benzene rings is 1. The topological polar surface area (TPSA) is 9.23 Å². The first kappa shape index (κ1) is 9.33. The molecule has 1 aromatic heterocycles. The number of thiophene rings is 1. The van der Waals surface area contributed by atoms with Gasteiger partial charge in [-0.15, -0.1) is 24.5 Å². The summed E-state index contributed by atoms with van der Waals surface area (Å²) < 4.78 is 39.7. The van der Waals surface area contributed by atoms with Crippen LogP contribution in [0.4, 0.5) is 13.2 Å². The lowest BCUT2D eigenvalue weighted by atomic mass is 10.2. The Bertz CT molecular complexity index is 446. The van der Waals surface area contributed by atoms with E-state index in [1.165, 1.54) is 23.5 Å². The summed E-state index contributed by atoms with van der Waals surface area (Å²) in [4.78, 5) is 0. The number of hydrogen-bond acceptors (Lipinski definition) is 2. The highest BCUT2D eigenvalue weighted by Crippen LogP contribution is 2.31. The van der Waals surface area contributed by atoms with Crippen LogP contribution in [-0.4, -0.2) is 6.36 Å². The molecule has 0 aliphatic heterocycles. The van der Waals surface area contributed by atoms with Gasteiger partial charge in [0.05, 0.1) is 5.38 Å². The van der Waals surface area contributed by atoms with Gasteiger partial charge in [-0.1, -0.05) is 12.1 Å². The van der Waals surface area contributed by atoms with Crippen LogP contribution in [0.25, 0.3) is 10.8 Å². The fraction of sp³-hybridized carbons (Fsp3) is 0.111. The van der Waals surface area contributed by atoms with Gasteiger partial charge < -0.3 is 4.74 Å². The lowest BCUT2D eigenvalue weighted by Gasteiger charge is -2.09. The largest absolute Gasteiger partial charge is 0.573 e. The molecule has 0 saturated heterocycles. The molecule has 1 nitrogen and oxygen atoms in total. The van der Waals surface area contributed by atoms with E-state index in [1.807, 2.05) is 0 Å². The van der Waals surface area contributed by atoms with Gasteiger partial charge in [0, 0.05) is 16.2 Å². The van der Waals surface area contributed by atoms with E-state index in [1.54, 1.807) is 11.4 Å². The number of hydrogen-bond donors (Lipinski definition) is 0. The molecule has 2 aromatic rings. The van der Waals surface area contributed by atoms with Crippen molar-refractivity contribution in [1.82, 2.24) is 0 Å². The lowest BCUT2D eigenvalue weighted by molar-refractivity contribution is -0.274. The minimum atomic E-state index is -4.64. The van der Waals surface area contributed by atoms with Crippen LogP contribution in [0.1, 0.15) is 0 Å². The number of rotatable bonds is 1. The Balaban J connectivity index is 2.46. The van der Waals surface area contributed by atoms with Gasteiger partial charge >= 0.3 is 6.36 Å². The fourth-order valence-electron chi connectivity index (χ4n) is 1.12. The van der Waals surface area contributed by atoms with Crippen LogP contribution in [0, 0.1) is 5.38 Å². The highest BCUT2D eigenvalue weighted by molar-refractivity contribution is 7.08. The van der Waals surface area contributed by atoms with Crippen LogP contribution in [0.3, 0.4) is 0 Å². The third-order valence-corrected chi connectivity index (χ3v) is 2.33. The van der Waals surface area contributed by atoms with E-state index in [0.717, 1.165) is 0 Å². The molecule has 0 spiro atoms. The predicted molar refractivity (Wildman–Crippen MR) is 47.3 cm³/mol. The molecule has 0 saturated carbocycles. The van der Waals surface area contributed by atoms with Crippen molar-refractivity contribution >= 4 is 22.1 Å². The van der Waals surface area contributed by atoms with Crippen molar-refractivity contribution in [1.29, 1.82) is 0 Å². The van der Waals surface area contributed by atoms with E-state index in [4.69, 9.17) is 0 Å². The quantitative estimate of drug-likeness (QED) is 0.709. The summed E-state index contributed by atoms with van der Waals surface area (Å²) in [6.45, 7) is 0. The monoisotopic (exact) mass is 217 g/mol. The van der Waals surface area contributed by atoms with Crippen molar-refractivity contribution in [3.8, 4) is 5.75 Å². The molecule has 0 aliphatic rings. The van der Waals surface area contributed by atoms with Crippen molar-refractivity contribution in [2.45, 2.75) is 6.36 Å². The molecule has 5 heteroatoms. The normalized spacial score (nSPS) is 11.9. The molecule has 73 valence electrons. The molecule has 1 aromatic carbocycles. The van der Waals surface area contributed by atoms with Gasteiger partial charge in [-0.3, -0.25) is 0 Å². The SMILES string of the molecule is FC(F)(F)Oc1cccc2[c]scc12. The van der Waals surface area contributed by atoms with Crippen LogP contribution in [0.15, 0.2) is 23.6 Å². The van der Waals surface area contributed by atoms with E-state index < -0.39 is 6.36 Å². The zero-order chi connectivity index (χ0) is 10.2. The summed E-state index contributed by atoms with van der Waals surface area (Å²) in [7, 11) is 0. The molecule has 0 atom stereocenters. The molecule has 1 radical (unpaired) electrons. The minimum absolute atomic E-state index is 0.174. The van der Waals surface area contributed by atoms with Gasteiger partial charge in [0.15, 0.2) is 0 Å². The summed E-state index contributed by atoms with van der Waals surface area (Å²) in [6.07, 6.45) is -4.64. The van der Waals surface area contributed by atoms with Crippen molar-refractivity contribution in [2.24, 2.45) is 0 Å². The second-order valence-electron chi connectivity index (χ2n) is 2.60. The maximum Gasteiger partial charge on any atom is 0.573 e. The number of ether oxygens (including phenoxy) is 1. The molecule has 0 bridgehead atoms. The summed E-state index contributed by atoms with van der Waals surface area (Å²) >= 11 is 1.22. The van der Waals surface area contributed by atoms with Crippen LogP contribution >= 0.6 is 11.3 Å². The fourth-order valence-corrected chi connectivity index (χ4v) is 1.84. The summed E-state index contributed by atoms with van der Waals surface area (Å²) in [5.74, 6) is -0.174. The number of alkyl halides is 3. The van der Waals surface area contributed by atoms with Crippen LogP contribution in [0.2, 0.25) is 0 Å². The smallest absolute Gasteiger partial charge is 0.405 e. The Morgan fingerprint density at radius 2 is 2.07 bits per heavy atom. The van der Waals surface area contributed by atoms with Crippen molar-refractivity contribution < 1.29 is 17.9 Å². The molecule has 0 aliphatic carbocycles. The first-order chi connectivity index (χ1) is 6.56. The Labute approximate surface area is 81.7 Å². The molecule has 0 fully saturated rings. The first-order valence-corrected chi connectivity index (χ1v) is 4.58. The first-order valence-electron chi connectivity index (χ1n) is 3.70. The van der Waals surface area contributed by atoms with Crippen LogP contribution < -0.4 is 4.74 Å². The van der Waals surface area contributed by atoms with E-state index in [0.29, 0.717) is 10.8 Å². The molecular formula is C9H4F3OS. The predicted octanol–water partition coefficient (Wildman–Crippen LogP) is 3.60. The van der Waals surface area contributed by atoms with Gasteiger partial charge in [-0.2, -0.15) is 0 Å². The Morgan fingerprint density at radius 3 is 2.79 bits per heavy atom. The summed E-state index contributed by atoms with van der Waals surface area (Å²) in [6, 6.07) is 4.48. The minimum Gasteiger partial charge on any atom is -0.405 e. The second kappa shape index (κ2) is 3.16. The van der Waals surface area contributed by atoms with Crippen molar-refractivity contribution in [3.63, 3.8) is 0 Å². The molecule has 1 heterocycles. The highest BCUT2D eigenvalue weighted by atomic mass is 32.1. The van der Waals surface area contributed by atoms with Crippen molar-refractivity contribution in [3.05, 3.63) is 29.0 Å². The maximum atomic E-state index is 11.9. The van der Waals surface area contributed by atoms with Gasteiger partial charge in [0.2, 0.25) is 0 Å². The average molecular weight is 217 g/mol. The van der Waals surface area contributed by atoms with E-state index in [-0.39, 0.29) is 5.75 Å². The van der Waals surface area contributed by atoms with E-state index in [2.05, 4.69) is 10.1 Å². The zero-order valence-electron chi connectivity index (χ0n) is 6.76. The van der Waals surface area contributed by atoms with Crippen molar-refractivity contribution in [2.75, 3.05) is 0 Å². The number of halogens is 3. The Morgan fingerprint density at radius 1 is 1.29 bits per heavy atom. The second-order valence-corrected chi connectivity index (χ2v) is 3.28. The highest BCUT2D eigenvalue weighted by Gasteiger charge is 2.31. The van der Waals surface area contributed by atoms with Crippen LogP contribution in [0.5, 0.6) is 5.75 Å². The van der Waals surface area contributed by atoms with Crippen LogP contribution in [-0.2, 0) is 0 Å². The van der Waals surface area contributed by atoms with Gasteiger partial charge in [-0.05, 0) is 6.07 Å². The zero-order valence-corrected chi connectivity index (χ0v) is 7.58. The number of fused-ring (bicyclic) bond motifs is 1. The standard InChI is InChI=1S/C9H4F3OS/c10-9(11,12)13-8-3-1-2-6-4-14-5-7(6)8/h1-3,5H. The van der Waals surface area contributed by atoms with Gasteiger partial charge in [0.25, 0.3) is 0 Å². The summed E-state index contributed by atoms with van der Waals surface area (Å²) in [5, 5.41) is 5.50. The third-order valence-electron chi connectivity index (χ3n) is 1.64. The van der Waals surface area contributed by atoms with Gasteiger partial charge in [-0.25, -0.2) is 0 Å². The van der Waals surface area contributed by atoms with E-state index in [9.17, 15) is 13.2 Å². The Kier molecular flexibility index (Phi) is 2.11. The molecule has 14 heavy (non-hydrogen) atoms. The molecule has 0 amide bonds. The molecule has 2 rings (SSSR count). The van der Waals surface area contributed by atoms with Gasteiger partial charge in [0.1, 0.15) is 5.75 Å². The molecule has 0 unspecified atom stereocenters. The maximum absolute atomic E-state index is 11.9. The summed E-state index contributed by atoms with van der Waals surface area (Å²) in [5.41, 5.74) is 0. The molecular weight excluding hydrogens is 213 g/mol. The average Bonchev–Trinajstić information content (AvgIpc) is 2.49. The lowest BCUT2D eigenvalue weighted by Crippen LogP contribution is -2.17. The van der Waals surface area contributed by atoms with E-state index >= 15 is 0 Å².